The van der Waals surface area contributed by atoms with Gasteiger partial charge in [0.25, 0.3) is 0 Å². The highest BCUT2D eigenvalue weighted by Crippen LogP contribution is 2.35. The Morgan fingerprint density at radius 3 is 2.50 bits per heavy atom. The lowest BCUT2D eigenvalue weighted by Gasteiger charge is -2.05. The Kier molecular flexibility index (Phi) is 2.40. The van der Waals surface area contributed by atoms with Crippen LogP contribution in [0.3, 0.4) is 0 Å². The van der Waals surface area contributed by atoms with Crippen molar-refractivity contribution in [2.45, 2.75) is 6.92 Å². The summed E-state index contributed by atoms with van der Waals surface area (Å²) < 4.78 is 10.8. The molecule has 3 aromatic rings. The summed E-state index contributed by atoms with van der Waals surface area (Å²) in [5.41, 5.74) is 3.26. The Morgan fingerprint density at radius 1 is 0.944 bits per heavy atom. The zero-order chi connectivity index (χ0) is 12.7. The van der Waals surface area contributed by atoms with Gasteiger partial charge in [-0.15, -0.1) is 0 Å². The fourth-order valence-corrected chi connectivity index (χ4v) is 2.42. The predicted molar refractivity (Wildman–Crippen MR) is 73.6 cm³/mol. The number of nitrogens with one attached hydrogen (secondary N) is 1. The summed E-state index contributed by atoms with van der Waals surface area (Å²) in [6, 6.07) is 10.2. The number of rotatable bonds is 2. The zero-order valence-electron chi connectivity index (χ0n) is 10.7. The summed E-state index contributed by atoms with van der Waals surface area (Å²) in [7, 11) is 3.38. The van der Waals surface area contributed by atoms with E-state index >= 15 is 0 Å². The van der Waals surface area contributed by atoms with Gasteiger partial charge in [-0.25, -0.2) is 0 Å². The number of ether oxygens (including phenoxy) is 2. The second-order valence-corrected chi connectivity index (χ2v) is 4.37. The minimum absolute atomic E-state index is 0.864. The van der Waals surface area contributed by atoms with E-state index in [0.717, 1.165) is 38.9 Å². The standard InChI is InChI=1S/C15H15NO2/c1-9-4-6-11-12-8-10(17-2)5-7-13(12)16-14(11)15(9)18-3/h4-8,16H,1-3H3. The number of aromatic amines is 1. The van der Waals surface area contributed by atoms with E-state index in [0.29, 0.717) is 0 Å². The van der Waals surface area contributed by atoms with Crippen molar-refractivity contribution in [1.82, 2.24) is 4.98 Å². The molecule has 0 radical (unpaired) electrons. The van der Waals surface area contributed by atoms with Crippen LogP contribution in [0.4, 0.5) is 0 Å². The molecule has 1 aromatic heterocycles. The molecule has 2 aromatic carbocycles. The first-order valence-corrected chi connectivity index (χ1v) is 5.87. The molecule has 1 N–H and O–H groups in total. The molecule has 0 unspecified atom stereocenters. The lowest BCUT2D eigenvalue weighted by atomic mass is 10.1. The quantitative estimate of drug-likeness (QED) is 0.743. The summed E-state index contributed by atoms with van der Waals surface area (Å²) in [6.07, 6.45) is 0. The first kappa shape index (κ1) is 11.0. The van der Waals surface area contributed by atoms with Gasteiger partial charge < -0.3 is 14.5 Å². The Bertz CT molecular complexity index is 728. The van der Waals surface area contributed by atoms with Crippen molar-refractivity contribution < 1.29 is 9.47 Å². The molecule has 3 heteroatoms. The zero-order valence-corrected chi connectivity index (χ0v) is 10.7. The van der Waals surface area contributed by atoms with Crippen molar-refractivity contribution in [3.8, 4) is 11.5 Å². The first-order valence-electron chi connectivity index (χ1n) is 5.87. The molecular formula is C15H15NO2. The number of H-pyrrole nitrogens is 1. The maximum atomic E-state index is 5.48. The summed E-state index contributed by atoms with van der Waals surface area (Å²) in [4.78, 5) is 3.41. The van der Waals surface area contributed by atoms with E-state index in [9.17, 15) is 0 Å². The maximum Gasteiger partial charge on any atom is 0.145 e. The molecule has 0 fully saturated rings. The second kappa shape index (κ2) is 3.95. The van der Waals surface area contributed by atoms with E-state index in [-0.39, 0.29) is 0 Å². The molecule has 0 aliphatic rings. The van der Waals surface area contributed by atoms with Crippen molar-refractivity contribution >= 4 is 21.8 Å². The van der Waals surface area contributed by atoms with E-state index in [1.807, 2.05) is 25.1 Å². The fourth-order valence-electron chi connectivity index (χ4n) is 2.42. The van der Waals surface area contributed by atoms with Crippen LogP contribution in [-0.4, -0.2) is 19.2 Å². The van der Waals surface area contributed by atoms with Crippen molar-refractivity contribution in [2.24, 2.45) is 0 Å². The number of aromatic nitrogens is 1. The average Bonchev–Trinajstić information content (AvgIpc) is 2.76. The van der Waals surface area contributed by atoms with Crippen molar-refractivity contribution in [3.05, 3.63) is 35.9 Å². The molecule has 0 spiro atoms. The van der Waals surface area contributed by atoms with Gasteiger partial charge in [0.15, 0.2) is 0 Å². The van der Waals surface area contributed by atoms with E-state index in [2.05, 4.69) is 17.1 Å². The Balaban J connectivity index is 2.43. The molecule has 0 saturated carbocycles. The summed E-state index contributed by atoms with van der Waals surface area (Å²) in [5.74, 6) is 1.77. The molecule has 3 nitrogen and oxygen atoms in total. The highest BCUT2D eigenvalue weighted by molar-refractivity contribution is 6.09. The number of hydrogen-bond acceptors (Lipinski definition) is 2. The molecular weight excluding hydrogens is 226 g/mol. The lowest BCUT2D eigenvalue weighted by Crippen LogP contribution is -1.87. The molecule has 92 valence electrons. The van der Waals surface area contributed by atoms with E-state index in [4.69, 9.17) is 9.47 Å². The third kappa shape index (κ3) is 1.44. The van der Waals surface area contributed by atoms with Crippen LogP contribution < -0.4 is 9.47 Å². The number of fused-ring (bicyclic) bond motifs is 3. The topological polar surface area (TPSA) is 34.2 Å². The Morgan fingerprint density at radius 2 is 1.78 bits per heavy atom. The fraction of sp³-hybridized carbons (Fsp3) is 0.200. The molecule has 0 bridgehead atoms. The van der Waals surface area contributed by atoms with Gasteiger partial charge >= 0.3 is 0 Å². The molecule has 18 heavy (non-hydrogen) atoms. The summed E-state index contributed by atoms with van der Waals surface area (Å²) in [6.45, 7) is 2.05. The van der Waals surface area contributed by atoms with Crippen LogP contribution in [0.2, 0.25) is 0 Å². The minimum Gasteiger partial charge on any atom is -0.497 e. The number of aryl methyl sites for hydroxylation is 1. The molecule has 1 heterocycles. The highest BCUT2D eigenvalue weighted by Gasteiger charge is 2.11. The van der Waals surface area contributed by atoms with Crippen LogP contribution in [0.25, 0.3) is 21.8 Å². The van der Waals surface area contributed by atoms with Gasteiger partial charge in [-0.1, -0.05) is 12.1 Å². The van der Waals surface area contributed by atoms with E-state index in [1.54, 1.807) is 14.2 Å². The smallest absolute Gasteiger partial charge is 0.145 e. The Labute approximate surface area is 105 Å². The largest absolute Gasteiger partial charge is 0.497 e. The molecule has 3 rings (SSSR count). The maximum absolute atomic E-state index is 5.48. The summed E-state index contributed by atoms with van der Waals surface area (Å²) in [5, 5.41) is 2.31. The van der Waals surface area contributed by atoms with Gasteiger partial charge in [-0.3, -0.25) is 0 Å². The molecule has 0 amide bonds. The van der Waals surface area contributed by atoms with E-state index in [1.165, 1.54) is 0 Å². The van der Waals surface area contributed by atoms with Crippen LogP contribution in [0.5, 0.6) is 11.5 Å². The van der Waals surface area contributed by atoms with Crippen LogP contribution >= 0.6 is 0 Å². The van der Waals surface area contributed by atoms with Gasteiger partial charge in [0.2, 0.25) is 0 Å². The molecule has 0 aliphatic carbocycles. The van der Waals surface area contributed by atoms with Gasteiger partial charge in [-0.05, 0) is 30.7 Å². The second-order valence-electron chi connectivity index (χ2n) is 4.37. The van der Waals surface area contributed by atoms with Crippen LogP contribution in [0.1, 0.15) is 5.56 Å². The van der Waals surface area contributed by atoms with Gasteiger partial charge in [0.05, 0.1) is 19.7 Å². The number of hydrogen-bond donors (Lipinski definition) is 1. The third-order valence-electron chi connectivity index (χ3n) is 3.34. The van der Waals surface area contributed by atoms with Gasteiger partial charge in [0.1, 0.15) is 11.5 Å². The number of benzene rings is 2. The van der Waals surface area contributed by atoms with Gasteiger partial charge in [-0.2, -0.15) is 0 Å². The first-order chi connectivity index (χ1) is 8.74. The lowest BCUT2D eigenvalue weighted by molar-refractivity contribution is 0.415. The van der Waals surface area contributed by atoms with Crippen molar-refractivity contribution in [1.29, 1.82) is 0 Å². The van der Waals surface area contributed by atoms with Crippen molar-refractivity contribution in [2.75, 3.05) is 14.2 Å². The Hall–Kier alpha value is -2.16. The molecule has 0 saturated heterocycles. The molecule has 0 atom stereocenters. The van der Waals surface area contributed by atoms with Gasteiger partial charge in [0, 0.05) is 16.3 Å². The average molecular weight is 241 g/mol. The van der Waals surface area contributed by atoms with Crippen LogP contribution in [0, 0.1) is 6.92 Å². The van der Waals surface area contributed by atoms with Crippen LogP contribution in [-0.2, 0) is 0 Å². The normalized spacial score (nSPS) is 11.1. The summed E-state index contributed by atoms with van der Waals surface area (Å²) >= 11 is 0. The van der Waals surface area contributed by atoms with Crippen molar-refractivity contribution in [3.63, 3.8) is 0 Å². The monoisotopic (exact) mass is 241 g/mol. The molecule has 0 aliphatic heterocycles. The highest BCUT2D eigenvalue weighted by atomic mass is 16.5. The third-order valence-corrected chi connectivity index (χ3v) is 3.34. The minimum atomic E-state index is 0.864. The SMILES string of the molecule is COc1ccc2[nH]c3c(OC)c(C)ccc3c2c1. The number of methoxy groups -OCH3 is 2. The van der Waals surface area contributed by atoms with Crippen LogP contribution in [0.15, 0.2) is 30.3 Å². The van der Waals surface area contributed by atoms with E-state index < -0.39 is 0 Å². The predicted octanol–water partition coefficient (Wildman–Crippen LogP) is 3.65.